The summed E-state index contributed by atoms with van der Waals surface area (Å²) in [5.41, 5.74) is 5.38. The van der Waals surface area contributed by atoms with Crippen LogP contribution in [0.2, 0.25) is 0 Å². The molecule has 0 aromatic carbocycles. The van der Waals surface area contributed by atoms with Crippen LogP contribution in [0.4, 0.5) is 0 Å². The van der Waals surface area contributed by atoms with Crippen LogP contribution in [0.25, 0.3) is 0 Å². The third-order valence-electron chi connectivity index (χ3n) is 9.74. The lowest BCUT2D eigenvalue weighted by atomic mass is 9.42. The number of fused-ring (bicyclic) bond motifs is 5. The van der Waals surface area contributed by atoms with Crippen LogP contribution in [-0.2, 0) is 15.6 Å². The molecule has 0 aromatic heterocycles. The fourth-order valence-electron chi connectivity index (χ4n) is 8.05. The molecule has 0 aromatic rings. The number of ketones is 1. The second-order valence-corrected chi connectivity index (χ2v) is 12.6. The first-order chi connectivity index (χ1) is 13.8. The van der Waals surface area contributed by atoms with Gasteiger partial charge in [-0.15, -0.1) is 0 Å². The van der Waals surface area contributed by atoms with Crippen LogP contribution in [0.3, 0.4) is 0 Å². The van der Waals surface area contributed by atoms with Gasteiger partial charge in [-0.3, -0.25) is 9.00 Å². The van der Waals surface area contributed by atoms with E-state index >= 15 is 0 Å². The Morgan fingerprint density at radius 3 is 2.59 bits per heavy atom. The molecule has 5 nitrogen and oxygen atoms in total. The van der Waals surface area contributed by atoms with Gasteiger partial charge in [0.05, 0.1) is 6.10 Å². The molecule has 29 heavy (non-hydrogen) atoms. The molecule has 0 radical (unpaired) electrons. The lowest BCUT2D eigenvalue weighted by Gasteiger charge is -2.63. The number of aliphatic hydroxyl groups excluding tert-OH is 2. The van der Waals surface area contributed by atoms with Crippen molar-refractivity contribution in [1.82, 2.24) is 0 Å². The highest BCUT2D eigenvalue weighted by Crippen LogP contribution is 2.66. The second kappa shape index (κ2) is 7.99. The zero-order valence-electron chi connectivity index (χ0n) is 18.0. The summed E-state index contributed by atoms with van der Waals surface area (Å²) in [4.78, 5) is 12.7. The van der Waals surface area contributed by atoms with E-state index < -0.39 is 16.9 Å². The van der Waals surface area contributed by atoms with Gasteiger partial charge in [-0.05, 0) is 80.6 Å². The summed E-state index contributed by atoms with van der Waals surface area (Å²) in [7, 11) is -0.881. The van der Waals surface area contributed by atoms with E-state index in [0.717, 1.165) is 44.9 Å². The van der Waals surface area contributed by atoms with E-state index in [2.05, 4.69) is 13.8 Å². The van der Waals surface area contributed by atoms with Gasteiger partial charge < -0.3 is 15.9 Å². The molecule has 4 N–H and O–H groups in total. The van der Waals surface area contributed by atoms with E-state index in [-0.39, 0.29) is 46.4 Å². The Morgan fingerprint density at radius 1 is 1.14 bits per heavy atom. The first-order valence-corrected chi connectivity index (χ1v) is 13.1. The van der Waals surface area contributed by atoms with Crippen LogP contribution in [0.15, 0.2) is 0 Å². The fourth-order valence-corrected chi connectivity index (χ4v) is 9.64. The lowest BCUT2D eigenvalue weighted by Crippen LogP contribution is -2.63. The van der Waals surface area contributed by atoms with Crippen molar-refractivity contribution in [2.24, 2.45) is 46.2 Å². The highest BCUT2D eigenvalue weighted by molar-refractivity contribution is 7.85. The molecule has 166 valence electrons. The summed E-state index contributed by atoms with van der Waals surface area (Å²) in [6.07, 6.45) is 6.49. The second-order valence-electron chi connectivity index (χ2n) is 10.8. The molecular weight excluding hydrogens is 386 g/mol. The molecule has 0 saturated heterocycles. The quantitative estimate of drug-likeness (QED) is 0.627. The highest BCUT2D eigenvalue weighted by Gasteiger charge is 2.65. The maximum Gasteiger partial charge on any atom is 0.139 e. The third kappa shape index (κ3) is 3.28. The Bertz CT molecular complexity index is 671. The van der Waals surface area contributed by atoms with Gasteiger partial charge in [-0.1, -0.05) is 13.8 Å². The van der Waals surface area contributed by atoms with Crippen molar-refractivity contribution >= 4 is 16.6 Å². The fraction of sp³-hybridized carbons (Fsp3) is 0.957. The Balaban J connectivity index is 1.62. The summed E-state index contributed by atoms with van der Waals surface area (Å²) >= 11 is 0. The van der Waals surface area contributed by atoms with Crippen LogP contribution in [-0.4, -0.2) is 50.5 Å². The zero-order valence-corrected chi connectivity index (χ0v) is 18.8. The summed E-state index contributed by atoms with van der Waals surface area (Å²) in [6, 6.07) is 0. The topological polar surface area (TPSA) is 101 Å². The van der Waals surface area contributed by atoms with E-state index in [1.165, 1.54) is 0 Å². The summed E-state index contributed by atoms with van der Waals surface area (Å²) in [6.45, 7) is 5.03. The first kappa shape index (κ1) is 21.9. The molecule has 4 fully saturated rings. The summed E-state index contributed by atoms with van der Waals surface area (Å²) < 4.78 is 12.8. The molecule has 0 heterocycles. The number of hydrogen-bond acceptors (Lipinski definition) is 5. The van der Waals surface area contributed by atoms with E-state index in [0.29, 0.717) is 30.4 Å². The molecule has 6 heteroatoms. The van der Waals surface area contributed by atoms with E-state index in [1.807, 2.05) is 0 Å². The Labute approximate surface area is 177 Å². The van der Waals surface area contributed by atoms with Gasteiger partial charge in [0.2, 0.25) is 0 Å². The molecule has 0 bridgehead atoms. The predicted octanol–water partition coefficient (Wildman–Crippen LogP) is 2.25. The SMILES string of the molecule is C[C@]12CC[C@H](S(=O)CCCN)CC1[C@@H](CO)[C@@H](O)[C@@H]1[C@@H]2CC[C@]2(C)C(=O)CC[C@@H]12. The van der Waals surface area contributed by atoms with E-state index in [9.17, 15) is 19.2 Å². The molecule has 0 spiro atoms. The minimum atomic E-state index is -0.881. The van der Waals surface area contributed by atoms with Crippen molar-refractivity contribution in [2.45, 2.75) is 76.6 Å². The minimum Gasteiger partial charge on any atom is -0.396 e. The van der Waals surface area contributed by atoms with Gasteiger partial charge in [0.25, 0.3) is 0 Å². The van der Waals surface area contributed by atoms with Crippen molar-refractivity contribution in [3.63, 3.8) is 0 Å². The van der Waals surface area contributed by atoms with Crippen LogP contribution < -0.4 is 5.73 Å². The van der Waals surface area contributed by atoms with Crippen molar-refractivity contribution in [3.8, 4) is 0 Å². The van der Waals surface area contributed by atoms with Gasteiger partial charge in [0.15, 0.2) is 0 Å². The maximum absolute atomic E-state index is 12.8. The lowest BCUT2D eigenvalue weighted by molar-refractivity contribution is -0.195. The van der Waals surface area contributed by atoms with Gasteiger partial charge in [0, 0.05) is 46.2 Å². The summed E-state index contributed by atoms with van der Waals surface area (Å²) in [5.74, 6) is 1.81. The van der Waals surface area contributed by atoms with Gasteiger partial charge >= 0.3 is 0 Å². The van der Waals surface area contributed by atoms with Crippen molar-refractivity contribution in [3.05, 3.63) is 0 Å². The molecule has 4 aliphatic rings. The van der Waals surface area contributed by atoms with Gasteiger partial charge in [-0.25, -0.2) is 0 Å². The van der Waals surface area contributed by atoms with Crippen molar-refractivity contribution in [2.75, 3.05) is 18.9 Å². The molecule has 2 unspecified atom stereocenters. The molecule has 10 atom stereocenters. The van der Waals surface area contributed by atoms with Gasteiger partial charge in [0.1, 0.15) is 5.78 Å². The molecule has 4 rings (SSSR count). The Hall–Kier alpha value is -0.300. The maximum atomic E-state index is 12.8. The largest absolute Gasteiger partial charge is 0.396 e. The van der Waals surface area contributed by atoms with Gasteiger partial charge in [-0.2, -0.15) is 0 Å². The Morgan fingerprint density at radius 2 is 1.90 bits per heavy atom. The summed E-state index contributed by atoms with van der Waals surface area (Å²) in [5, 5.41) is 21.9. The van der Waals surface area contributed by atoms with E-state index in [4.69, 9.17) is 5.73 Å². The molecule has 0 amide bonds. The number of aliphatic hydroxyl groups is 2. The number of hydrogen-bond donors (Lipinski definition) is 3. The van der Waals surface area contributed by atoms with E-state index in [1.54, 1.807) is 0 Å². The number of nitrogens with two attached hydrogens (primary N) is 1. The van der Waals surface area contributed by atoms with Crippen molar-refractivity contribution < 1.29 is 19.2 Å². The molecular formula is C23H39NO4S. The monoisotopic (exact) mass is 425 g/mol. The average Bonchev–Trinajstić information content (AvgIpc) is 3.01. The first-order valence-electron chi connectivity index (χ1n) is 11.7. The zero-order chi connectivity index (χ0) is 21.0. The predicted molar refractivity (Wildman–Crippen MR) is 115 cm³/mol. The smallest absolute Gasteiger partial charge is 0.139 e. The number of carbonyl (C=O) groups excluding carboxylic acids is 1. The molecule has 0 aliphatic heterocycles. The highest BCUT2D eigenvalue weighted by atomic mass is 32.2. The standard InChI is InChI=1S/C23H39NO4S/c1-22-8-6-14(29(28)11-3-10-24)12-18(22)15(13-25)21(27)20-16-4-5-19(26)23(16,2)9-7-17(20)22/h14-18,20-21,25,27H,3-13,24H2,1-2H3/t14-,15+,16-,17-,18?,20-,21+,22+,23-,29?/m0/s1. The normalized spacial score (nSPS) is 50.5. The third-order valence-corrected chi connectivity index (χ3v) is 11.6. The number of carbonyl (C=O) groups is 1. The van der Waals surface area contributed by atoms with Crippen molar-refractivity contribution in [1.29, 1.82) is 0 Å². The van der Waals surface area contributed by atoms with Crippen LogP contribution in [0.5, 0.6) is 0 Å². The number of Topliss-reactive ketones (excluding diaryl/α,β-unsaturated/α-hetero) is 1. The Kier molecular flexibility index (Phi) is 6.04. The van der Waals surface area contributed by atoms with Crippen LogP contribution in [0, 0.1) is 40.4 Å². The van der Waals surface area contributed by atoms with Crippen LogP contribution >= 0.6 is 0 Å². The number of rotatable bonds is 5. The average molecular weight is 426 g/mol. The molecule has 4 aliphatic carbocycles. The molecule has 4 saturated carbocycles. The minimum absolute atomic E-state index is 0.0236. The van der Waals surface area contributed by atoms with Crippen LogP contribution in [0.1, 0.15) is 65.2 Å².